The second-order valence-electron chi connectivity index (χ2n) is 7.37. The van der Waals surface area contributed by atoms with Gasteiger partial charge < -0.3 is 5.32 Å². The van der Waals surface area contributed by atoms with Gasteiger partial charge in [-0.1, -0.05) is 24.3 Å². The van der Waals surface area contributed by atoms with E-state index < -0.39 is 29.2 Å². The van der Waals surface area contributed by atoms with Gasteiger partial charge in [-0.3, -0.25) is 14.5 Å². The van der Waals surface area contributed by atoms with Gasteiger partial charge in [-0.2, -0.15) is 13.2 Å². The summed E-state index contributed by atoms with van der Waals surface area (Å²) in [5.74, 6) is -0.628. The van der Waals surface area contributed by atoms with Crippen LogP contribution in [0.25, 0.3) is 11.1 Å². The molecule has 0 aromatic heterocycles. The SMILES string of the molecule is CC1(C)NC(=O)N(CC(=O)CSc2ccc(-c3ccc(C(F)(F)F)cc3)cc2)C1=O. The molecule has 3 amide bonds. The van der Waals surface area contributed by atoms with Crippen molar-refractivity contribution in [3.63, 3.8) is 0 Å². The van der Waals surface area contributed by atoms with Crippen LogP contribution in [0.15, 0.2) is 53.4 Å². The maximum Gasteiger partial charge on any atom is 0.416 e. The summed E-state index contributed by atoms with van der Waals surface area (Å²) in [5, 5.41) is 2.52. The lowest BCUT2D eigenvalue weighted by Crippen LogP contribution is -2.41. The van der Waals surface area contributed by atoms with Gasteiger partial charge in [0, 0.05) is 4.90 Å². The number of nitrogens with one attached hydrogen (secondary N) is 1. The fraction of sp³-hybridized carbons (Fsp3) is 0.286. The molecule has 0 radical (unpaired) electrons. The monoisotopic (exact) mass is 436 g/mol. The van der Waals surface area contributed by atoms with E-state index in [9.17, 15) is 27.6 Å². The Morgan fingerprint density at radius 3 is 2.00 bits per heavy atom. The lowest BCUT2D eigenvalue weighted by molar-refractivity contribution is -0.137. The van der Waals surface area contributed by atoms with Crippen molar-refractivity contribution in [2.24, 2.45) is 0 Å². The Hall–Kier alpha value is -2.81. The van der Waals surface area contributed by atoms with Gasteiger partial charge in [0.1, 0.15) is 5.54 Å². The number of carbonyl (C=O) groups excluding carboxylic acids is 3. The zero-order valence-corrected chi connectivity index (χ0v) is 17.1. The van der Waals surface area contributed by atoms with Crippen molar-refractivity contribution in [2.45, 2.75) is 30.5 Å². The van der Waals surface area contributed by atoms with Crippen LogP contribution < -0.4 is 5.32 Å². The summed E-state index contributed by atoms with van der Waals surface area (Å²) in [6.07, 6.45) is -4.37. The van der Waals surface area contributed by atoms with Crippen molar-refractivity contribution in [3.8, 4) is 11.1 Å². The van der Waals surface area contributed by atoms with Gasteiger partial charge in [-0.15, -0.1) is 11.8 Å². The van der Waals surface area contributed by atoms with Crippen molar-refractivity contribution in [2.75, 3.05) is 12.3 Å². The highest BCUT2D eigenvalue weighted by Gasteiger charge is 2.44. The molecular weight excluding hydrogens is 417 g/mol. The number of Topliss-reactive ketones (excluding diaryl/α,β-unsaturated/α-hetero) is 1. The maximum absolute atomic E-state index is 12.7. The van der Waals surface area contributed by atoms with Crippen LogP contribution in [0.3, 0.4) is 0 Å². The molecule has 2 aromatic rings. The summed E-state index contributed by atoms with van der Waals surface area (Å²) in [7, 11) is 0. The number of urea groups is 1. The number of rotatable bonds is 6. The minimum absolute atomic E-state index is 0.0805. The maximum atomic E-state index is 12.7. The first kappa shape index (κ1) is 21.9. The van der Waals surface area contributed by atoms with Gasteiger partial charge in [-0.05, 0) is 49.2 Å². The normalized spacial score (nSPS) is 16.0. The zero-order valence-electron chi connectivity index (χ0n) is 16.2. The molecule has 0 spiro atoms. The number of nitrogens with zero attached hydrogens (tertiary/aromatic N) is 1. The Morgan fingerprint density at radius 2 is 1.53 bits per heavy atom. The van der Waals surface area contributed by atoms with Crippen LogP contribution in [0, 0.1) is 0 Å². The van der Waals surface area contributed by atoms with Crippen molar-refractivity contribution < 1.29 is 27.6 Å². The van der Waals surface area contributed by atoms with Crippen molar-refractivity contribution >= 4 is 29.5 Å². The van der Waals surface area contributed by atoms with E-state index in [1.54, 1.807) is 38.1 Å². The molecule has 5 nitrogen and oxygen atoms in total. The van der Waals surface area contributed by atoms with Gasteiger partial charge in [0.25, 0.3) is 5.91 Å². The highest BCUT2D eigenvalue weighted by molar-refractivity contribution is 8.00. The highest BCUT2D eigenvalue weighted by atomic mass is 32.2. The number of alkyl halides is 3. The van der Waals surface area contributed by atoms with E-state index in [1.165, 1.54) is 23.9 Å². The van der Waals surface area contributed by atoms with Gasteiger partial charge in [-0.25, -0.2) is 4.79 Å². The van der Waals surface area contributed by atoms with E-state index in [2.05, 4.69) is 5.32 Å². The molecule has 0 aliphatic carbocycles. The predicted molar refractivity (Wildman–Crippen MR) is 107 cm³/mol. The molecule has 1 saturated heterocycles. The number of imide groups is 1. The Morgan fingerprint density at radius 1 is 1.00 bits per heavy atom. The van der Waals surface area contributed by atoms with Crippen LogP contribution in [0.4, 0.5) is 18.0 Å². The van der Waals surface area contributed by atoms with E-state index in [-0.39, 0.29) is 18.1 Å². The molecule has 1 fully saturated rings. The van der Waals surface area contributed by atoms with Gasteiger partial charge in [0.05, 0.1) is 17.9 Å². The lowest BCUT2D eigenvalue weighted by Gasteiger charge is -2.15. The number of hydrogen-bond donors (Lipinski definition) is 1. The van der Waals surface area contributed by atoms with Gasteiger partial charge in [0.2, 0.25) is 0 Å². The van der Waals surface area contributed by atoms with Crippen LogP contribution in [0.5, 0.6) is 0 Å². The molecule has 1 N–H and O–H groups in total. The van der Waals surface area contributed by atoms with Gasteiger partial charge in [0.15, 0.2) is 5.78 Å². The number of ketones is 1. The third-order valence-electron chi connectivity index (χ3n) is 4.58. The van der Waals surface area contributed by atoms with E-state index in [4.69, 9.17) is 0 Å². The fourth-order valence-electron chi connectivity index (χ4n) is 2.94. The number of thioether (sulfide) groups is 1. The Bertz CT molecular complexity index is 970. The summed E-state index contributed by atoms with van der Waals surface area (Å²) >= 11 is 1.26. The predicted octanol–water partition coefficient (Wildman–Crippen LogP) is 4.36. The van der Waals surface area contributed by atoms with E-state index in [1.807, 2.05) is 0 Å². The molecular formula is C21H19F3N2O3S. The van der Waals surface area contributed by atoms with Crippen molar-refractivity contribution in [3.05, 3.63) is 54.1 Å². The van der Waals surface area contributed by atoms with E-state index in [0.717, 1.165) is 27.5 Å². The van der Waals surface area contributed by atoms with Crippen LogP contribution in [0.1, 0.15) is 19.4 Å². The molecule has 3 rings (SSSR count). The standard InChI is InChI=1S/C21H19F3N2O3S/c1-20(2)18(28)26(19(29)25-20)11-16(27)12-30-17-9-5-14(6-10-17)13-3-7-15(8-4-13)21(22,23)24/h3-10H,11-12H2,1-2H3,(H,25,29). The molecule has 1 aliphatic heterocycles. The van der Waals surface area contributed by atoms with Crippen LogP contribution in [-0.4, -0.2) is 40.5 Å². The second-order valence-corrected chi connectivity index (χ2v) is 8.42. The lowest BCUT2D eigenvalue weighted by atomic mass is 10.0. The summed E-state index contributed by atoms with van der Waals surface area (Å²) in [6.45, 7) is 2.86. The summed E-state index contributed by atoms with van der Waals surface area (Å²) in [6, 6.07) is 11.4. The number of amides is 3. The third-order valence-corrected chi connectivity index (χ3v) is 5.65. The molecule has 0 unspecified atom stereocenters. The molecule has 0 saturated carbocycles. The third kappa shape index (κ3) is 4.84. The quantitative estimate of drug-likeness (QED) is 0.540. The summed E-state index contributed by atoms with van der Waals surface area (Å²) < 4.78 is 38.0. The van der Waals surface area contributed by atoms with Crippen molar-refractivity contribution in [1.29, 1.82) is 0 Å². The molecule has 0 bridgehead atoms. The van der Waals surface area contributed by atoms with Crippen LogP contribution in [0.2, 0.25) is 0 Å². The molecule has 2 aromatic carbocycles. The first-order chi connectivity index (χ1) is 14.0. The summed E-state index contributed by atoms with van der Waals surface area (Å²) in [4.78, 5) is 37.8. The number of hydrogen-bond acceptors (Lipinski definition) is 4. The Balaban J connectivity index is 1.57. The first-order valence-corrected chi connectivity index (χ1v) is 10.0. The Labute approximate surface area is 175 Å². The van der Waals surface area contributed by atoms with E-state index >= 15 is 0 Å². The summed E-state index contributed by atoms with van der Waals surface area (Å²) in [5.41, 5.74) is -0.318. The first-order valence-electron chi connectivity index (χ1n) is 9.04. The fourth-order valence-corrected chi connectivity index (χ4v) is 3.69. The largest absolute Gasteiger partial charge is 0.416 e. The average Bonchev–Trinajstić information content (AvgIpc) is 2.88. The second kappa shape index (κ2) is 8.14. The van der Waals surface area contributed by atoms with Crippen LogP contribution >= 0.6 is 11.8 Å². The zero-order chi connectivity index (χ0) is 22.1. The molecule has 0 atom stereocenters. The van der Waals surface area contributed by atoms with Gasteiger partial charge >= 0.3 is 12.2 Å². The Kier molecular flexibility index (Phi) is 5.94. The topological polar surface area (TPSA) is 66.5 Å². The average molecular weight is 436 g/mol. The van der Waals surface area contributed by atoms with Crippen molar-refractivity contribution in [1.82, 2.24) is 10.2 Å². The minimum atomic E-state index is -4.37. The molecule has 30 heavy (non-hydrogen) atoms. The van der Waals surface area contributed by atoms with Crippen LogP contribution in [-0.2, 0) is 15.8 Å². The molecule has 158 valence electrons. The molecule has 1 heterocycles. The smallest absolute Gasteiger partial charge is 0.324 e. The highest BCUT2D eigenvalue weighted by Crippen LogP contribution is 2.31. The molecule has 9 heteroatoms. The minimum Gasteiger partial charge on any atom is -0.324 e. The number of carbonyl (C=O) groups is 3. The van der Waals surface area contributed by atoms with E-state index in [0.29, 0.717) is 5.56 Å². The number of benzene rings is 2. The number of halogens is 3. The molecule has 1 aliphatic rings.